The molecule has 1 aromatic heterocycles. The van der Waals surface area contributed by atoms with Crippen LogP contribution in [0.15, 0.2) is 29.2 Å². The van der Waals surface area contributed by atoms with E-state index in [0.29, 0.717) is 6.61 Å². The van der Waals surface area contributed by atoms with Crippen molar-refractivity contribution >= 4 is 28.4 Å². The zero-order chi connectivity index (χ0) is 13.5. The molecule has 1 N–H and O–H groups in total. The second-order valence-corrected chi connectivity index (χ2v) is 5.76. The van der Waals surface area contributed by atoms with Crippen LogP contribution in [-0.2, 0) is 10.5 Å². The number of aromatic nitrogens is 2. The Morgan fingerprint density at radius 3 is 3.00 bits per heavy atom. The van der Waals surface area contributed by atoms with Crippen LogP contribution in [-0.4, -0.2) is 29.6 Å². The lowest BCUT2D eigenvalue weighted by Gasteiger charge is -2.02. The highest BCUT2D eigenvalue weighted by Gasteiger charge is 2.05. The van der Waals surface area contributed by atoms with Gasteiger partial charge in [0.1, 0.15) is 0 Å². The molecule has 0 saturated heterocycles. The summed E-state index contributed by atoms with van der Waals surface area (Å²) < 4.78 is 9.32. The molecule has 1 aromatic carbocycles. The monoisotopic (exact) mass is 295 g/mol. The lowest BCUT2D eigenvalue weighted by atomic mass is 10.2. The van der Waals surface area contributed by atoms with E-state index in [4.69, 9.17) is 4.74 Å². The molecule has 4 nitrogen and oxygen atoms in total. The van der Waals surface area contributed by atoms with Crippen molar-refractivity contribution in [2.24, 2.45) is 0 Å². The summed E-state index contributed by atoms with van der Waals surface area (Å²) in [6.45, 7) is 3.55. The molecule has 0 spiro atoms. The van der Waals surface area contributed by atoms with Gasteiger partial charge in [0.25, 0.3) is 0 Å². The predicted octanol–water partition coefficient (Wildman–Crippen LogP) is 3.20. The molecule has 1 heterocycles. The van der Waals surface area contributed by atoms with E-state index in [1.165, 1.54) is 22.0 Å². The molecule has 0 bridgehead atoms. The van der Waals surface area contributed by atoms with Crippen molar-refractivity contribution in [1.82, 2.24) is 9.36 Å². The first-order valence-corrected chi connectivity index (χ1v) is 7.79. The number of rotatable bonds is 7. The fraction of sp³-hybridized carbons (Fsp3) is 0.385. The van der Waals surface area contributed by atoms with E-state index in [-0.39, 0.29) is 0 Å². The van der Waals surface area contributed by atoms with E-state index in [0.717, 1.165) is 23.3 Å². The molecule has 0 aliphatic rings. The smallest absolute Gasteiger partial charge is 0.202 e. The number of hydrogen-bond donors (Lipinski definition) is 1. The Hall–Kier alpha value is -1.11. The second kappa shape index (κ2) is 7.47. The van der Waals surface area contributed by atoms with Gasteiger partial charge in [0.05, 0.1) is 12.4 Å². The minimum atomic E-state index is 0.673. The Morgan fingerprint density at radius 1 is 1.37 bits per heavy atom. The number of ether oxygens (including phenoxy) is 1. The van der Waals surface area contributed by atoms with E-state index >= 15 is 0 Å². The van der Waals surface area contributed by atoms with Crippen molar-refractivity contribution in [2.45, 2.75) is 17.6 Å². The summed E-state index contributed by atoms with van der Waals surface area (Å²) in [5.74, 6) is 1.67. The first kappa shape index (κ1) is 14.3. The number of methoxy groups -OCH3 is 1. The fourth-order valence-corrected chi connectivity index (χ4v) is 3.08. The van der Waals surface area contributed by atoms with E-state index in [9.17, 15) is 0 Å². The van der Waals surface area contributed by atoms with Crippen molar-refractivity contribution in [3.8, 4) is 0 Å². The number of nitrogens with one attached hydrogen (secondary N) is 1. The van der Waals surface area contributed by atoms with Gasteiger partial charge in [-0.25, -0.2) is 4.98 Å². The molecule has 0 amide bonds. The van der Waals surface area contributed by atoms with Crippen LogP contribution in [0.25, 0.3) is 0 Å². The Morgan fingerprint density at radius 2 is 2.21 bits per heavy atom. The van der Waals surface area contributed by atoms with Crippen LogP contribution in [0.5, 0.6) is 0 Å². The highest BCUT2D eigenvalue weighted by Crippen LogP contribution is 2.25. The summed E-state index contributed by atoms with van der Waals surface area (Å²) in [5.41, 5.74) is 1.29. The van der Waals surface area contributed by atoms with Crippen LogP contribution in [0, 0.1) is 6.92 Å². The number of benzene rings is 1. The zero-order valence-corrected chi connectivity index (χ0v) is 12.7. The average Bonchev–Trinajstić information content (AvgIpc) is 2.86. The summed E-state index contributed by atoms with van der Waals surface area (Å²) in [5, 5.41) is 4.04. The van der Waals surface area contributed by atoms with Crippen LogP contribution in [0.2, 0.25) is 0 Å². The maximum Gasteiger partial charge on any atom is 0.202 e. The first-order chi connectivity index (χ1) is 9.29. The van der Waals surface area contributed by atoms with Gasteiger partial charge in [-0.2, -0.15) is 4.37 Å². The molecule has 6 heteroatoms. The minimum absolute atomic E-state index is 0.673. The maximum absolute atomic E-state index is 4.98. The van der Waals surface area contributed by atoms with Gasteiger partial charge in [0, 0.05) is 30.1 Å². The number of thioether (sulfide) groups is 1. The van der Waals surface area contributed by atoms with Gasteiger partial charge in [0.2, 0.25) is 5.13 Å². The van der Waals surface area contributed by atoms with Crippen LogP contribution in [0.1, 0.15) is 11.4 Å². The number of aryl methyl sites for hydroxylation is 1. The van der Waals surface area contributed by atoms with Crippen molar-refractivity contribution in [2.75, 3.05) is 25.6 Å². The molecule has 0 atom stereocenters. The molecule has 0 aliphatic heterocycles. The third kappa shape index (κ3) is 4.49. The number of anilines is 1. The Kier molecular flexibility index (Phi) is 5.62. The molecule has 0 aliphatic carbocycles. The third-order valence-electron chi connectivity index (χ3n) is 2.50. The van der Waals surface area contributed by atoms with Crippen LogP contribution >= 0.6 is 23.3 Å². The Balaban J connectivity index is 1.85. The van der Waals surface area contributed by atoms with Crippen LogP contribution in [0.4, 0.5) is 5.13 Å². The summed E-state index contributed by atoms with van der Waals surface area (Å²) in [6, 6.07) is 8.36. The molecule has 0 saturated carbocycles. The molecule has 19 heavy (non-hydrogen) atoms. The SMILES string of the molecule is COCCNc1nc(CSc2ccccc2C)ns1. The molecular formula is C13H17N3OS2. The maximum atomic E-state index is 4.98. The van der Waals surface area contributed by atoms with E-state index in [1.54, 1.807) is 18.9 Å². The first-order valence-electron chi connectivity index (χ1n) is 6.03. The Bertz CT molecular complexity index is 516. The fourth-order valence-electron chi connectivity index (χ4n) is 1.51. The van der Waals surface area contributed by atoms with E-state index in [1.807, 2.05) is 0 Å². The van der Waals surface area contributed by atoms with Crippen LogP contribution < -0.4 is 5.32 Å². The third-order valence-corrected chi connectivity index (χ3v) is 4.38. The highest BCUT2D eigenvalue weighted by molar-refractivity contribution is 7.98. The van der Waals surface area contributed by atoms with Crippen molar-refractivity contribution in [3.05, 3.63) is 35.7 Å². The normalized spacial score (nSPS) is 10.6. The quantitative estimate of drug-likeness (QED) is 0.628. The Labute approximate surface area is 121 Å². The lowest BCUT2D eigenvalue weighted by Crippen LogP contribution is -2.07. The van der Waals surface area contributed by atoms with Gasteiger partial charge in [-0.1, -0.05) is 18.2 Å². The van der Waals surface area contributed by atoms with Gasteiger partial charge in [-0.05, 0) is 18.6 Å². The molecule has 2 rings (SSSR count). The lowest BCUT2D eigenvalue weighted by molar-refractivity contribution is 0.211. The van der Waals surface area contributed by atoms with Crippen LogP contribution in [0.3, 0.4) is 0 Å². The van der Waals surface area contributed by atoms with E-state index < -0.39 is 0 Å². The highest BCUT2D eigenvalue weighted by atomic mass is 32.2. The van der Waals surface area contributed by atoms with Gasteiger partial charge < -0.3 is 10.1 Å². The molecule has 0 fully saturated rings. The minimum Gasteiger partial charge on any atom is -0.383 e. The van der Waals surface area contributed by atoms with Gasteiger partial charge >= 0.3 is 0 Å². The van der Waals surface area contributed by atoms with Gasteiger partial charge in [-0.15, -0.1) is 11.8 Å². The van der Waals surface area contributed by atoms with E-state index in [2.05, 4.69) is 45.9 Å². The summed E-state index contributed by atoms with van der Waals surface area (Å²) >= 11 is 3.17. The van der Waals surface area contributed by atoms with Crippen molar-refractivity contribution in [1.29, 1.82) is 0 Å². The summed E-state index contributed by atoms with van der Waals surface area (Å²) in [6.07, 6.45) is 0. The van der Waals surface area contributed by atoms with Gasteiger partial charge in [-0.3, -0.25) is 0 Å². The topological polar surface area (TPSA) is 47.0 Å². The summed E-state index contributed by atoms with van der Waals surface area (Å²) in [7, 11) is 1.69. The summed E-state index contributed by atoms with van der Waals surface area (Å²) in [4.78, 5) is 5.73. The van der Waals surface area contributed by atoms with Crippen molar-refractivity contribution in [3.63, 3.8) is 0 Å². The second-order valence-electron chi connectivity index (χ2n) is 3.99. The zero-order valence-electron chi connectivity index (χ0n) is 11.0. The molecule has 102 valence electrons. The average molecular weight is 295 g/mol. The van der Waals surface area contributed by atoms with Crippen molar-refractivity contribution < 1.29 is 4.74 Å². The standard InChI is InChI=1S/C13H17N3OS2/c1-10-5-3-4-6-11(10)18-9-12-15-13(19-16-12)14-7-8-17-2/h3-6H,7-9H2,1-2H3,(H,14,15,16). The van der Waals surface area contributed by atoms with Gasteiger partial charge in [0.15, 0.2) is 5.82 Å². The number of hydrogen-bond acceptors (Lipinski definition) is 6. The molecule has 0 radical (unpaired) electrons. The largest absolute Gasteiger partial charge is 0.383 e. The molecular weight excluding hydrogens is 278 g/mol. The molecule has 2 aromatic rings. The predicted molar refractivity (Wildman–Crippen MR) is 81.0 cm³/mol. The number of nitrogens with zero attached hydrogens (tertiary/aromatic N) is 2. The molecule has 0 unspecified atom stereocenters.